The highest BCUT2D eigenvalue weighted by atomic mass is 32.2. The summed E-state index contributed by atoms with van der Waals surface area (Å²) >= 11 is 0. The third kappa shape index (κ3) is 10.7. The number of hydrogen-bond donors (Lipinski definition) is 3. The molecule has 0 aliphatic heterocycles. The highest BCUT2D eigenvalue weighted by Gasteiger charge is 2.31. The molecule has 0 bridgehead atoms. The topological polar surface area (TPSA) is 98.7 Å². The Bertz CT molecular complexity index is 1090. The molecule has 2 aromatic carbocycles. The van der Waals surface area contributed by atoms with Crippen LogP contribution < -0.4 is 10.6 Å². The molecule has 7 nitrogen and oxygen atoms in total. The van der Waals surface area contributed by atoms with Crippen molar-refractivity contribution in [2.24, 2.45) is 0 Å². The minimum absolute atomic E-state index is 0.0611. The quantitative estimate of drug-likeness (QED) is 0.292. The van der Waals surface area contributed by atoms with Gasteiger partial charge in [0.15, 0.2) is 0 Å². The highest BCUT2D eigenvalue weighted by molar-refractivity contribution is 7.89. The average Bonchev–Trinajstić information content (AvgIpc) is 2.87. The van der Waals surface area contributed by atoms with E-state index in [1.807, 2.05) is 44.2 Å². The minimum Gasteiger partial charge on any atom is -0.390 e. The van der Waals surface area contributed by atoms with Crippen LogP contribution in [0.5, 0.6) is 0 Å². The van der Waals surface area contributed by atoms with E-state index in [2.05, 4.69) is 10.6 Å². The van der Waals surface area contributed by atoms with Crippen molar-refractivity contribution >= 4 is 15.9 Å². The number of benzene rings is 2. The van der Waals surface area contributed by atoms with E-state index in [1.165, 1.54) is 16.4 Å². The molecule has 0 heterocycles. The molecule has 0 radical (unpaired) electrons. The molecule has 0 unspecified atom stereocenters. The number of carbonyl (C=O) groups excluding carboxylic acids is 1. The Morgan fingerprint density at radius 2 is 1.63 bits per heavy atom. The molecule has 38 heavy (non-hydrogen) atoms. The second-order valence-electron chi connectivity index (χ2n) is 9.23. The lowest BCUT2D eigenvalue weighted by Crippen LogP contribution is -2.49. The number of sulfonamides is 1. The van der Waals surface area contributed by atoms with E-state index in [0.29, 0.717) is 32.5 Å². The van der Waals surface area contributed by atoms with Gasteiger partial charge in [0, 0.05) is 32.6 Å². The fourth-order valence-corrected chi connectivity index (χ4v) is 5.66. The molecule has 0 saturated heterocycles. The van der Waals surface area contributed by atoms with Crippen LogP contribution in [0.3, 0.4) is 0 Å². The van der Waals surface area contributed by atoms with E-state index < -0.39 is 45.6 Å². The normalized spacial score (nSPS) is 13.9. The molecule has 0 aromatic heterocycles. The number of hydrogen-bond acceptors (Lipinski definition) is 5. The minimum atomic E-state index is -4.53. The fourth-order valence-electron chi connectivity index (χ4n) is 4.03. The van der Waals surface area contributed by atoms with Gasteiger partial charge in [-0.15, -0.1) is 0 Å². The Labute approximate surface area is 223 Å². The van der Waals surface area contributed by atoms with E-state index in [0.717, 1.165) is 17.7 Å². The van der Waals surface area contributed by atoms with Gasteiger partial charge in [0.25, 0.3) is 0 Å². The number of carbonyl (C=O) groups is 1. The molecule has 2 rings (SSSR count). The van der Waals surface area contributed by atoms with Crippen LogP contribution in [0.4, 0.5) is 13.2 Å². The molecular formula is C27H38F3N3O4S. The van der Waals surface area contributed by atoms with Gasteiger partial charge in [-0.1, -0.05) is 62.4 Å². The van der Waals surface area contributed by atoms with Gasteiger partial charge in [-0.05, 0) is 36.5 Å². The number of nitrogens with zero attached hydrogens (tertiary/aromatic N) is 1. The lowest BCUT2D eigenvalue weighted by atomic mass is 9.99. The van der Waals surface area contributed by atoms with Crippen molar-refractivity contribution in [3.05, 3.63) is 71.3 Å². The van der Waals surface area contributed by atoms with Crippen LogP contribution in [0, 0.1) is 0 Å². The molecule has 0 fully saturated rings. The molecule has 0 aliphatic carbocycles. The van der Waals surface area contributed by atoms with Gasteiger partial charge in [0.05, 0.1) is 23.5 Å². The maximum absolute atomic E-state index is 13.2. The van der Waals surface area contributed by atoms with Gasteiger partial charge in [-0.2, -0.15) is 13.2 Å². The van der Waals surface area contributed by atoms with Crippen LogP contribution in [0.25, 0.3) is 0 Å². The summed E-state index contributed by atoms with van der Waals surface area (Å²) in [7, 11) is -3.65. The van der Waals surface area contributed by atoms with Crippen molar-refractivity contribution in [3.8, 4) is 0 Å². The average molecular weight is 558 g/mol. The summed E-state index contributed by atoms with van der Waals surface area (Å²) in [6, 6.07) is 13.2. The van der Waals surface area contributed by atoms with Crippen LogP contribution in [0.1, 0.15) is 49.8 Å². The predicted octanol–water partition coefficient (Wildman–Crippen LogP) is 3.73. The van der Waals surface area contributed by atoms with E-state index in [-0.39, 0.29) is 24.9 Å². The summed E-state index contributed by atoms with van der Waals surface area (Å²) in [6.07, 6.45) is -4.75. The zero-order valence-electron chi connectivity index (χ0n) is 21.9. The van der Waals surface area contributed by atoms with Crippen LogP contribution in [0.15, 0.2) is 54.6 Å². The van der Waals surface area contributed by atoms with Crippen LogP contribution in [-0.2, 0) is 34.0 Å². The lowest BCUT2D eigenvalue weighted by molar-refractivity contribution is -0.137. The van der Waals surface area contributed by atoms with Gasteiger partial charge in [0.2, 0.25) is 15.9 Å². The van der Waals surface area contributed by atoms with Gasteiger partial charge in [0.1, 0.15) is 0 Å². The zero-order valence-corrected chi connectivity index (χ0v) is 22.7. The third-order valence-electron chi connectivity index (χ3n) is 5.97. The van der Waals surface area contributed by atoms with Crippen LogP contribution in [0.2, 0.25) is 0 Å². The molecule has 0 aliphatic rings. The first-order valence-corrected chi connectivity index (χ1v) is 14.4. The number of aliphatic hydroxyl groups excluding tert-OH is 1. The molecule has 0 saturated carbocycles. The number of aliphatic hydroxyl groups is 1. The molecule has 1 amide bonds. The van der Waals surface area contributed by atoms with E-state index in [1.54, 1.807) is 0 Å². The van der Waals surface area contributed by atoms with Crippen molar-refractivity contribution in [2.45, 2.75) is 64.4 Å². The lowest BCUT2D eigenvalue weighted by Gasteiger charge is -2.26. The van der Waals surface area contributed by atoms with Crippen LogP contribution in [-0.4, -0.2) is 61.3 Å². The van der Waals surface area contributed by atoms with Gasteiger partial charge in [-0.3, -0.25) is 4.79 Å². The SMILES string of the molecule is CCCN(CCC)S(=O)(=O)CCC(=O)N[C@@H](Cc1cccc(C(F)(F)F)c1)[C@H](O)CNCc1ccccc1. The summed E-state index contributed by atoms with van der Waals surface area (Å²) in [5.41, 5.74) is 0.443. The van der Waals surface area contributed by atoms with Gasteiger partial charge >= 0.3 is 6.18 Å². The maximum atomic E-state index is 13.2. The predicted molar refractivity (Wildman–Crippen MR) is 142 cm³/mol. The third-order valence-corrected chi connectivity index (χ3v) is 7.84. The molecule has 2 atom stereocenters. The van der Waals surface area contributed by atoms with E-state index >= 15 is 0 Å². The first-order chi connectivity index (χ1) is 18.0. The number of halogens is 3. The largest absolute Gasteiger partial charge is 0.416 e. The number of amides is 1. The standard InChI is InChI=1S/C27H38F3N3O4S/c1-3-14-33(15-4-2)38(36,37)16-13-26(35)32-24(18-22-11-8-12-23(17-22)27(28,29)30)25(34)20-31-19-21-9-6-5-7-10-21/h5-12,17,24-25,31,34H,3-4,13-16,18-20H2,1-2H3,(H,32,35)/t24-,25+/m0/s1. The summed E-state index contributed by atoms with van der Waals surface area (Å²) in [5.74, 6) is -0.988. The number of alkyl halides is 3. The summed E-state index contributed by atoms with van der Waals surface area (Å²) in [6.45, 7) is 4.99. The Hall–Kier alpha value is -2.47. The fraction of sp³-hybridized carbons (Fsp3) is 0.519. The number of nitrogens with one attached hydrogen (secondary N) is 2. The van der Waals surface area contributed by atoms with Crippen molar-refractivity contribution in [3.63, 3.8) is 0 Å². The maximum Gasteiger partial charge on any atom is 0.416 e. The van der Waals surface area contributed by atoms with E-state index in [4.69, 9.17) is 0 Å². The molecule has 3 N–H and O–H groups in total. The molecule has 2 aromatic rings. The molecular weight excluding hydrogens is 519 g/mol. The first kappa shape index (κ1) is 31.7. The zero-order chi connectivity index (χ0) is 28.2. The smallest absolute Gasteiger partial charge is 0.390 e. The monoisotopic (exact) mass is 557 g/mol. The Kier molecular flexibility index (Phi) is 12.7. The first-order valence-electron chi connectivity index (χ1n) is 12.8. The summed E-state index contributed by atoms with van der Waals surface area (Å²) in [4.78, 5) is 12.7. The Morgan fingerprint density at radius 1 is 1.00 bits per heavy atom. The van der Waals surface area contributed by atoms with Gasteiger partial charge in [-0.25, -0.2) is 12.7 Å². The summed E-state index contributed by atoms with van der Waals surface area (Å²) in [5, 5.41) is 16.6. The van der Waals surface area contributed by atoms with E-state index in [9.17, 15) is 31.5 Å². The highest BCUT2D eigenvalue weighted by Crippen LogP contribution is 2.29. The Morgan fingerprint density at radius 3 is 2.24 bits per heavy atom. The molecule has 0 spiro atoms. The molecule has 11 heteroatoms. The van der Waals surface area contributed by atoms with Crippen molar-refractivity contribution in [2.75, 3.05) is 25.4 Å². The summed E-state index contributed by atoms with van der Waals surface area (Å²) < 4.78 is 66.4. The van der Waals surface area contributed by atoms with Crippen molar-refractivity contribution in [1.29, 1.82) is 0 Å². The molecule has 212 valence electrons. The van der Waals surface area contributed by atoms with Crippen LogP contribution >= 0.6 is 0 Å². The van der Waals surface area contributed by atoms with Crippen molar-refractivity contribution in [1.82, 2.24) is 14.9 Å². The Balaban J connectivity index is 2.10. The number of rotatable bonds is 16. The second kappa shape index (κ2) is 15.2. The second-order valence-corrected chi connectivity index (χ2v) is 11.3. The van der Waals surface area contributed by atoms with Gasteiger partial charge < -0.3 is 15.7 Å². The van der Waals surface area contributed by atoms with Crippen molar-refractivity contribution < 1.29 is 31.5 Å².